The standard InChI is InChI=1S/C19H23N7O3S/c20-30(28,29)15-5-1-3-13(9-15)22-10-17(27)25-14-4-2-8-26(11-14)19-16-6-7-21-18(16)23-12-24-19/h1,3,5-7,9,12,14,22H,2,4,8,10-11H2,(H,25,27)(H2,20,28,29)(H,21,23,24)/t14-/m0/s1. The summed E-state index contributed by atoms with van der Waals surface area (Å²) in [5, 5.41) is 12.1. The number of nitrogens with two attached hydrogens (primary N) is 1. The van der Waals surface area contributed by atoms with Gasteiger partial charge in [0, 0.05) is 31.0 Å². The third kappa shape index (κ3) is 4.52. The summed E-state index contributed by atoms with van der Waals surface area (Å²) in [4.78, 5) is 26.3. The molecular weight excluding hydrogens is 406 g/mol. The Morgan fingerprint density at radius 2 is 2.17 bits per heavy atom. The van der Waals surface area contributed by atoms with Gasteiger partial charge in [0.25, 0.3) is 0 Å². The number of sulfonamides is 1. The van der Waals surface area contributed by atoms with Crippen molar-refractivity contribution < 1.29 is 13.2 Å². The second kappa shape index (κ2) is 8.28. The first-order valence-corrected chi connectivity index (χ1v) is 11.1. The predicted octanol–water partition coefficient (Wildman–Crippen LogP) is 0.802. The van der Waals surface area contributed by atoms with Gasteiger partial charge in [-0.15, -0.1) is 0 Å². The number of hydrogen-bond acceptors (Lipinski definition) is 7. The lowest BCUT2D eigenvalue weighted by molar-refractivity contribution is -0.120. The third-order valence-electron chi connectivity index (χ3n) is 5.03. The van der Waals surface area contributed by atoms with Gasteiger partial charge in [0.15, 0.2) is 0 Å². The molecule has 1 aliphatic heterocycles. The van der Waals surface area contributed by atoms with Crippen LogP contribution in [0, 0.1) is 0 Å². The highest BCUT2D eigenvalue weighted by atomic mass is 32.2. The number of amides is 1. The molecule has 5 N–H and O–H groups in total. The van der Waals surface area contributed by atoms with E-state index in [1.54, 1.807) is 12.1 Å². The van der Waals surface area contributed by atoms with E-state index in [-0.39, 0.29) is 23.4 Å². The topological polar surface area (TPSA) is 146 Å². The van der Waals surface area contributed by atoms with Crippen molar-refractivity contribution in [2.45, 2.75) is 23.8 Å². The van der Waals surface area contributed by atoms with Crippen molar-refractivity contribution in [3.63, 3.8) is 0 Å². The van der Waals surface area contributed by atoms with Crippen LogP contribution in [-0.2, 0) is 14.8 Å². The molecule has 1 aliphatic rings. The Labute approximate surface area is 173 Å². The summed E-state index contributed by atoms with van der Waals surface area (Å²) in [6.45, 7) is 1.55. The van der Waals surface area contributed by atoms with Crippen LogP contribution in [0.5, 0.6) is 0 Å². The van der Waals surface area contributed by atoms with Crippen molar-refractivity contribution >= 4 is 38.5 Å². The number of anilines is 2. The molecule has 1 saturated heterocycles. The Morgan fingerprint density at radius 1 is 1.30 bits per heavy atom. The number of fused-ring (bicyclic) bond motifs is 1. The average molecular weight is 430 g/mol. The number of rotatable bonds is 6. The minimum atomic E-state index is -3.79. The zero-order valence-electron chi connectivity index (χ0n) is 16.2. The summed E-state index contributed by atoms with van der Waals surface area (Å²) in [5.41, 5.74) is 1.30. The van der Waals surface area contributed by atoms with Crippen LogP contribution in [0.15, 0.2) is 47.8 Å². The maximum atomic E-state index is 12.4. The quantitative estimate of drug-likeness (QED) is 0.453. The summed E-state index contributed by atoms with van der Waals surface area (Å²) in [6.07, 6.45) is 5.19. The van der Waals surface area contributed by atoms with Crippen LogP contribution >= 0.6 is 0 Å². The van der Waals surface area contributed by atoms with E-state index in [0.717, 1.165) is 36.2 Å². The first kappa shape index (κ1) is 20.1. The molecule has 1 aromatic carbocycles. The number of hydrogen-bond donors (Lipinski definition) is 4. The zero-order chi connectivity index (χ0) is 21.1. The van der Waals surface area contributed by atoms with Crippen molar-refractivity contribution in [3.05, 3.63) is 42.9 Å². The van der Waals surface area contributed by atoms with Gasteiger partial charge in [-0.25, -0.2) is 23.5 Å². The molecule has 0 aliphatic carbocycles. The van der Waals surface area contributed by atoms with Gasteiger partial charge in [-0.2, -0.15) is 0 Å². The number of aromatic nitrogens is 3. The fourth-order valence-corrected chi connectivity index (χ4v) is 4.20. The van der Waals surface area contributed by atoms with Crippen LogP contribution in [0.4, 0.5) is 11.5 Å². The van der Waals surface area contributed by atoms with Gasteiger partial charge >= 0.3 is 0 Å². The molecule has 1 amide bonds. The number of H-pyrrole nitrogens is 1. The number of benzene rings is 1. The van der Waals surface area contributed by atoms with Crippen LogP contribution in [0.2, 0.25) is 0 Å². The fraction of sp³-hybridized carbons (Fsp3) is 0.316. The molecule has 10 nitrogen and oxygen atoms in total. The molecule has 1 atom stereocenters. The number of aromatic amines is 1. The molecule has 0 radical (unpaired) electrons. The minimum absolute atomic E-state index is 0.00301. The highest BCUT2D eigenvalue weighted by Crippen LogP contribution is 2.25. The van der Waals surface area contributed by atoms with E-state index in [0.29, 0.717) is 12.2 Å². The van der Waals surface area contributed by atoms with Crippen LogP contribution in [0.25, 0.3) is 11.0 Å². The molecule has 3 aromatic rings. The maximum Gasteiger partial charge on any atom is 0.239 e. The zero-order valence-corrected chi connectivity index (χ0v) is 17.0. The van der Waals surface area contributed by atoms with Gasteiger partial charge < -0.3 is 20.5 Å². The van der Waals surface area contributed by atoms with Crippen molar-refractivity contribution in [1.29, 1.82) is 0 Å². The number of nitrogens with zero attached hydrogens (tertiary/aromatic N) is 3. The van der Waals surface area contributed by atoms with Crippen molar-refractivity contribution in [1.82, 2.24) is 20.3 Å². The largest absolute Gasteiger partial charge is 0.376 e. The summed E-state index contributed by atoms with van der Waals surface area (Å²) in [6, 6.07) is 8.01. The first-order valence-electron chi connectivity index (χ1n) is 9.59. The molecule has 0 saturated carbocycles. The summed E-state index contributed by atoms with van der Waals surface area (Å²) in [5.74, 6) is 0.690. The van der Waals surface area contributed by atoms with Crippen LogP contribution in [0.3, 0.4) is 0 Å². The van der Waals surface area contributed by atoms with Gasteiger partial charge in [0.2, 0.25) is 15.9 Å². The Morgan fingerprint density at radius 3 is 3.00 bits per heavy atom. The fourth-order valence-electron chi connectivity index (χ4n) is 3.64. The summed E-state index contributed by atoms with van der Waals surface area (Å²) < 4.78 is 22.9. The van der Waals surface area contributed by atoms with Crippen LogP contribution < -0.4 is 20.7 Å². The highest BCUT2D eigenvalue weighted by Gasteiger charge is 2.24. The van der Waals surface area contributed by atoms with Crippen LogP contribution in [-0.4, -0.2) is 55.0 Å². The van der Waals surface area contributed by atoms with Gasteiger partial charge in [-0.1, -0.05) is 6.07 Å². The molecule has 0 bridgehead atoms. The van der Waals surface area contributed by atoms with Gasteiger partial charge in [0.05, 0.1) is 16.8 Å². The smallest absolute Gasteiger partial charge is 0.239 e. The molecule has 158 valence electrons. The van der Waals surface area contributed by atoms with Crippen molar-refractivity contribution in [2.75, 3.05) is 29.9 Å². The number of carbonyl (C=O) groups is 1. The lowest BCUT2D eigenvalue weighted by atomic mass is 10.1. The molecule has 2 aromatic heterocycles. The van der Waals surface area contributed by atoms with Crippen LogP contribution in [0.1, 0.15) is 12.8 Å². The van der Waals surface area contributed by atoms with E-state index in [1.165, 1.54) is 18.5 Å². The first-order chi connectivity index (χ1) is 14.4. The highest BCUT2D eigenvalue weighted by molar-refractivity contribution is 7.89. The molecule has 3 heterocycles. The van der Waals surface area contributed by atoms with E-state index >= 15 is 0 Å². The van der Waals surface area contributed by atoms with E-state index < -0.39 is 10.0 Å². The maximum absolute atomic E-state index is 12.4. The Kier molecular flexibility index (Phi) is 5.55. The SMILES string of the molecule is NS(=O)(=O)c1cccc(NCC(=O)N[C@H]2CCCN(c3ncnc4[nH]ccc34)C2)c1. The lowest BCUT2D eigenvalue weighted by Gasteiger charge is -2.34. The van der Waals surface area contributed by atoms with Gasteiger partial charge in [-0.05, 0) is 37.1 Å². The molecule has 0 unspecified atom stereocenters. The lowest BCUT2D eigenvalue weighted by Crippen LogP contribution is -2.49. The Bertz CT molecular complexity index is 1160. The molecule has 1 fully saturated rings. The molecule has 4 rings (SSSR count). The van der Waals surface area contributed by atoms with Crippen molar-refractivity contribution in [3.8, 4) is 0 Å². The monoisotopic (exact) mass is 429 g/mol. The predicted molar refractivity (Wildman–Crippen MR) is 114 cm³/mol. The number of piperidine rings is 1. The number of carbonyl (C=O) groups excluding carboxylic acids is 1. The number of nitrogens with one attached hydrogen (secondary N) is 3. The van der Waals surface area contributed by atoms with Crippen molar-refractivity contribution in [2.24, 2.45) is 5.14 Å². The van der Waals surface area contributed by atoms with E-state index in [2.05, 4.69) is 30.5 Å². The van der Waals surface area contributed by atoms with Gasteiger partial charge in [-0.3, -0.25) is 4.79 Å². The van der Waals surface area contributed by atoms with E-state index in [1.807, 2.05) is 12.3 Å². The average Bonchev–Trinajstić information content (AvgIpc) is 3.21. The van der Waals surface area contributed by atoms with E-state index in [9.17, 15) is 13.2 Å². The molecule has 30 heavy (non-hydrogen) atoms. The third-order valence-corrected chi connectivity index (χ3v) is 5.95. The van der Waals surface area contributed by atoms with Gasteiger partial charge in [0.1, 0.15) is 17.8 Å². The number of primary sulfonamides is 1. The second-order valence-corrected chi connectivity index (χ2v) is 8.78. The Balaban J connectivity index is 1.35. The summed E-state index contributed by atoms with van der Waals surface area (Å²) >= 11 is 0. The summed E-state index contributed by atoms with van der Waals surface area (Å²) in [7, 11) is -3.79. The molecular formula is C19H23N7O3S. The second-order valence-electron chi connectivity index (χ2n) is 7.22. The minimum Gasteiger partial charge on any atom is -0.376 e. The van der Waals surface area contributed by atoms with E-state index in [4.69, 9.17) is 5.14 Å². The Hall–Kier alpha value is -3.18. The normalized spacial score (nSPS) is 17.1. The molecule has 0 spiro atoms. The molecule has 11 heteroatoms.